The van der Waals surface area contributed by atoms with E-state index in [0.717, 1.165) is 0 Å². The zero-order valence-corrected chi connectivity index (χ0v) is 10.1. The number of nitrogens with one attached hydrogen (secondary N) is 1. The van der Waals surface area contributed by atoms with Gasteiger partial charge in [0.05, 0.1) is 13.2 Å². The summed E-state index contributed by atoms with van der Waals surface area (Å²) in [6, 6.07) is 0. The molecule has 4 nitrogen and oxygen atoms in total. The van der Waals surface area contributed by atoms with E-state index >= 15 is 0 Å². The molecule has 1 N–H and O–H groups in total. The number of nitrogens with zero attached hydrogens (tertiary/aromatic N) is 1. The highest BCUT2D eigenvalue weighted by molar-refractivity contribution is 6.62. The molecule has 0 spiro atoms. The maximum Gasteiger partial charge on any atom is 0.328 e. The number of carbonyl (C=O) groups excluding carboxylic acids is 1. The van der Waals surface area contributed by atoms with Crippen LogP contribution in [0.3, 0.4) is 0 Å². The van der Waals surface area contributed by atoms with Crippen molar-refractivity contribution >= 4 is 40.2 Å². The van der Waals surface area contributed by atoms with Crippen LogP contribution in [0.1, 0.15) is 13.8 Å². The summed E-state index contributed by atoms with van der Waals surface area (Å²) in [6.07, 6.45) is 0. The Morgan fingerprint density at radius 3 is 2.14 bits per heavy atom. The van der Waals surface area contributed by atoms with Crippen LogP contribution in [0.4, 0.5) is 4.79 Å². The predicted octanol–water partition coefficient (Wildman–Crippen LogP) is 2.09. The third-order valence-corrected chi connectivity index (χ3v) is 2.50. The van der Waals surface area contributed by atoms with E-state index in [9.17, 15) is 4.79 Å². The molecule has 1 rings (SSSR count). The maximum atomic E-state index is 10.7. The molecule has 2 unspecified atom stereocenters. The molecule has 0 saturated carbocycles. The highest BCUT2D eigenvalue weighted by Crippen LogP contribution is 2.34. The molecule has 7 heteroatoms. The predicted molar refractivity (Wildman–Crippen MR) is 55.6 cm³/mol. The summed E-state index contributed by atoms with van der Waals surface area (Å²) in [5.41, 5.74) is 2.38. The van der Waals surface area contributed by atoms with Crippen LogP contribution in [0.15, 0.2) is 0 Å². The van der Waals surface area contributed by atoms with Crippen molar-refractivity contribution in [3.05, 3.63) is 0 Å². The van der Waals surface area contributed by atoms with Crippen LogP contribution in [0.2, 0.25) is 0 Å². The maximum absolute atomic E-state index is 10.7. The van der Waals surface area contributed by atoms with E-state index in [1.165, 1.54) is 5.01 Å². The number of ether oxygens (including phenoxy) is 1. The Morgan fingerprint density at radius 1 is 1.36 bits per heavy atom. The number of hydrogen-bond donors (Lipinski definition) is 1. The highest BCUT2D eigenvalue weighted by atomic mass is 35.5. The zero-order chi connectivity index (χ0) is 11.0. The van der Waals surface area contributed by atoms with Gasteiger partial charge in [-0.1, -0.05) is 23.2 Å². The van der Waals surface area contributed by atoms with Crippen LogP contribution in [-0.4, -0.2) is 33.6 Å². The summed E-state index contributed by atoms with van der Waals surface area (Å²) in [5, 5.41) is 0.660. The zero-order valence-electron chi connectivity index (χ0n) is 7.81. The number of rotatable bonds is 1. The lowest BCUT2D eigenvalue weighted by atomic mass is 10.2. The fourth-order valence-electron chi connectivity index (χ4n) is 1.36. The lowest BCUT2D eigenvalue weighted by molar-refractivity contribution is -0.0906. The molecule has 0 aromatic rings. The Kier molecular flexibility index (Phi) is 3.54. The number of hydrogen-bond acceptors (Lipinski definition) is 3. The summed E-state index contributed by atoms with van der Waals surface area (Å²) in [7, 11) is 0. The molecule has 1 saturated heterocycles. The van der Waals surface area contributed by atoms with Crippen LogP contribution < -0.4 is 5.43 Å². The molecule has 0 aromatic carbocycles. The van der Waals surface area contributed by atoms with Gasteiger partial charge in [0.1, 0.15) is 10.00 Å². The molecule has 1 amide bonds. The minimum Gasteiger partial charge on any atom is -0.375 e. The monoisotopic (exact) mass is 260 g/mol. The number of morpholine rings is 1. The normalized spacial score (nSPS) is 39.5. The molecule has 14 heavy (non-hydrogen) atoms. The van der Waals surface area contributed by atoms with E-state index < -0.39 is 15.4 Å². The van der Waals surface area contributed by atoms with E-state index in [1.807, 2.05) is 0 Å². The van der Waals surface area contributed by atoms with E-state index in [-0.39, 0.29) is 13.2 Å². The lowest BCUT2D eigenvalue weighted by Gasteiger charge is -2.47. The van der Waals surface area contributed by atoms with Gasteiger partial charge in [0.15, 0.2) is 0 Å². The molecule has 1 aliphatic heterocycles. The Bertz CT molecular complexity index is 229. The Hall–Kier alpha value is 0.260. The summed E-state index contributed by atoms with van der Waals surface area (Å²) in [5.74, 6) is 0. The quantitative estimate of drug-likeness (QED) is 0.446. The van der Waals surface area contributed by atoms with E-state index in [0.29, 0.717) is 0 Å². The van der Waals surface area contributed by atoms with Crippen molar-refractivity contribution < 1.29 is 9.53 Å². The first-order valence-electron chi connectivity index (χ1n) is 3.98. The molecule has 2 atom stereocenters. The minimum absolute atomic E-state index is 0.258. The van der Waals surface area contributed by atoms with Crippen molar-refractivity contribution in [3.8, 4) is 0 Å². The third kappa shape index (κ3) is 2.64. The van der Waals surface area contributed by atoms with Gasteiger partial charge in [0, 0.05) is 0 Å². The first kappa shape index (κ1) is 12.3. The van der Waals surface area contributed by atoms with Gasteiger partial charge in [-0.05, 0) is 25.4 Å². The van der Waals surface area contributed by atoms with Crippen LogP contribution in [0.5, 0.6) is 0 Å². The molecular weight excluding hydrogens is 250 g/mol. The van der Waals surface area contributed by atoms with Gasteiger partial charge in [-0.15, -0.1) is 0 Å². The average Bonchev–Trinajstić information content (AvgIpc) is 1.96. The third-order valence-electron chi connectivity index (χ3n) is 1.86. The van der Waals surface area contributed by atoms with Gasteiger partial charge in [0.25, 0.3) is 0 Å². The van der Waals surface area contributed by atoms with Crippen molar-refractivity contribution in [3.63, 3.8) is 0 Å². The largest absolute Gasteiger partial charge is 0.375 e. The first-order valence-corrected chi connectivity index (χ1v) is 5.11. The molecule has 0 bridgehead atoms. The van der Waals surface area contributed by atoms with Gasteiger partial charge >= 0.3 is 5.37 Å². The summed E-state index contributed by atoms with van der Waals surface area (Å²) in [4.78, 5) is 8.94. The highest BCUT2D eigenvalue weighted by Gasteiger charge is 2.46. The van der Waals surface area contributed by atoms with Crippen molar-refractivity contribution in [2.24, 2.45) is 0 Å². The second-order valence-corrected chi connectivity index (χ2v) is 5.47. The molecule has 1 fully saturated rings. The molecule has 0 aliphatic carbocycles. The van der Waals surface area contributed by atoms with Gasteiger partial charge in [0.2, 0.25) is 0 Å². The number of amides is 1. The number of carbonyl (C=O) groups is 1. The Labute approximate surface area is 97.4 Å². The van der Waals surface area contributed by atoms with Gasteiger partial charge in [-0.3, -0.25) is 10.2 Å². The molecule has 1 aliphatic rings. The fourth-order valence-corrected chi connectivity index (χ4v) is 2.10. The van der Waals surface area contributed by atoms with Crippen LogP contribution in [-0.2, 0) is 4.74 Å². The molecule has 1 heterocycles. The van der Waals surface area contributed by atoms with Gasteiger partial charge < -0.3 is 4.74 Å². The van der Waals surface area contributed by atoms with Crippen molar-refractivity contribution in [1.29, 1.82) is 0 Å². The van der Waals surface area contributed by atoms with Gasteiger partial charge in [-0.25, -0.2) is 0 Å². The first-order chi connectivity index (χ1) is 6.26. The minimum atomic E-state index is -0.903. The topological polar surface area (TPSA) is 41.6 Å². The molecule has 0 radical (unpaired) electrons. The second-order valence-electron chi connectivity index (χ2n) is 3.50. The second kappa shape index (κ2) is 4.02. The number of hydrazine groups is 1. The Balaban J connectivity index is 2.85. The van der Waals surface area contributed by atoms with E-state index in [2.05, 4.69) is 5.43 Å². The molecule has 82 valence electrons. The molecular formula is C7H11Cl3N2O2. The number of alkyl halides is 2. The SMILES string of the molecule is CC1(Cl)COCC(C)(Cl)N1NC(=O)Cl. The van der Waals surface area contributed by atoms with E-state index in [4.69, 9.17) is 39.5 Å². The number of halogens is 3. The lowest BCUT2D eigenvalue weighted by Crippen LogP contribution is -2.66. The molecule has 0 aromatic heterocycles. The van der Waals surface area contributed by atoms with Gasteiger partial charge in [-0.2, -0.15) is 5.01 Å². The Morgan fingerprint density at radius 2 is 1.79 bits per heavy atom. The summed E-state index contributed by atoms with van der Waals surface area (Å²) < 4.78 is 5.21. The average molecular weight is 262 g/mol. The van der Waals surface area contributed by atoms with Crippen molar-refractivity contribution in [1.82, 2.24) is 10.4 Å². The van der Waals surface area contributed by atoms with Crippen molar-refractivity contribution in [2.75, 3.05) is 13.2 Å². The van der Waals surface area contributed by atoms with Crippen LogP contribution >= 0.6 is 34.8 Å². The smallest absolute Gasteiger partial charge is 0.328 e. The van der Waals surface area contributed by atoms with Crippen LogP contribution in [0.25, 0.3) is 0 Å². The summed E-state index contributed by atoms with van der Waals surface area (Å²) >= 11 is 17.4. The standard InChI is InChI=1S/C7H11Cl3N2O2/c1-6(9)3-14-4-7(2,10)12(6)11-5(8)13/h3-4H2,1-2H3,(H,11,13). The summed E-state index contributed by atoms with van der Waals surface area (Å²) in [6.45, 7) is 3.88. The van der Waals surface area contributed by atoms with Crippen LogP contribution in [0, 0.1) is 0 Å². The fraction of sp³-hybridized carbons (Fsp3) is 0.857. The van der Waals surface area contributed by atoms with Crippen molar-refractivity contribution in [2.45, 2.75) is 23.8 Å². The van der Waals surface area contributed by atoms with E-state index in [1.54, 1.807) is 13.8 Å².